The molecule has 0 aromatic carbocycles. The molecule has 2 aliphatic carbocycles. The Bertz CT molecular complexity index is 480. The summed E-state index contributed by atoms with van der Waals surface area (Å²) in [6.07, 6.45) is 2.70. The molecule has 2 saturated heterocycles. The SMILES string of the molecule is CC(=O)/C=C1\C2OC3(C)CC1(C#N)CC3[C@@H]2Cl. The van der Waals surface area contributed by atoms with Crippen molar-refractivity contribution < 1.29 is 9.53 Å². The van der Waals surface area contributed by atoms with Crippen molar-refractivity contribution in [1.29, 1.82) is 5.26 Å². The minimum absolute atomic E-state index is 0.0407. The molecule has 2 aliphatic heterocycles. The van der Waals surface area contributed by atoms with Crippen LogP contribution in [-0.4, -0.2) is 22.9 Å². The predicted molar refractivity (Wildman–Crippen MR) is 62.5 cm³/mol. The van der Waals surface area contributed by atoms with E-state index in [2.05, 4.69) is 6.07 Å². The average Bonchev–Trinajstić information content (AvgIpc) is 2.61. The van der Waals surface area contributed by atoms with Gasteiger partial charge in [-0.1, -0.05) is 0 Å². The van der Waals surface area contributed by atoms with Crippen molar-refractivity contribution >= 4 is 17.4 Å². The van der Waals surface area contributed by atoms with Crippen molar-refractivity contribution in [3.8, 4) is 6.07 Å². The quantitative estimate of drug-likeness (QED) is 0.530. The Kier molecular flexibility index (Phi) is 2.07. The Labute approximate surface area is 105 Å². The van der Waals surface area contributed by atoms with Gasteiger partial charge >= 0.3 is 0 Å². The number of nitrogens with zero attached hydrogens (tertiary/aromatic N) is 1. The summed E-state index contributed by atoms with van der Waals surface area (Å²) >= 11 is 6.40. The van der Waals surface area contributed by atoms with E-state index in [9.17, 15) is 10.1 Å². The summed E-state index contributed by atoms with van der Waals surface area (Å²) in [5.74, 6) is 0.193. The van der Waals surface area contributed by atoms with Gasteiger partial charge in [0.2, 0.25) is 0 Å². The van der Waals surface area contributed by atoms with Gasteiger partial charge in [-0.15, -0.1) is 11.6 Å². The van der Waals surface area contributed by atoms with E-state index in [-0.39, 0.29) is 28.8 Å². The van der Waals surface area contributed by atoms with Gasteiger partial charge in [0.25, 0.3) is 0 Å². The van der Waals surface area contributed by atoms with Gasteiger partial charge in [-0.25, -0.2) is 0 Å². The van der Waals surface area contributed by atoms with E-state index in [1.165, 1.54) is 6.92 Å². The minimum atomic E-state index is -0.514. The second-order valence-electron chi connectivity index (χ2n) is 5.69. The fraction of sp³-hybridized carbons (Fsp3) is 0.692. The van der Waals surface area contributed by atoms with Gasteiger partial charge in [0, 0.05) is 5.92 Å². The lowest BCUT2D eigenvalue weighted by Crippen LogP contribution is -2.41. The van der Waals surface area contributed by atoms with Gasteiger partial charge in [-0.2, -0.15) is 5.26 Å². The third kappa shape index (κ3) is 1.23. The first-order valence-corrected chi connectivity index (χ1v) is 6.31. The summed E-state index contributed by atoms with van der Waals surface area (Å²) < 4.78 is 5.99. The third-order valence-electron chi connectivity index (χ3n) is 4.51. The molecule has 2 saturated carbocycles. The highest BCUT2D eigenvalue weighted by Crippen LogP contribution is 2.66. The molecule has 4 heteroatoms. The predicted octanol–water partition coefficient (Wildman–Crippen LogP) is 2.20. The second-order valence-corrected chi connectivity index (χ2v) is 6.19. The van der Waals surface area contributed by atoms with Gasteiger partial charge < -0.3 is 4.74 Å². The maximum atomic E-state index is 11.3. The first-order chi connectivity index (χ1) is 7.92. The lowest BCUT2D eigenvalue weighted by Gasteiger charge is -2.39. The van der Waals surface area contributed by atoms with Crippen LogP contribution in [0.4, 0.5) is 0 Å². The number of carbonyl (C=O) groups is 1. The van der Waals surface area contributed by atoms with Gasteiger partial charge in [-0.05, 0) is 38.3 Å². The summed E-state index contributed by atoms with van der Waals surface area (Å²) in [6.45, 7) is 3.54. The first-order valence-electron chi connectivity index (χ1n) is 5.88. The van der Waals surface area contributed by atoms with Crippen molar-refractivity contribution in [3.63, 3.8) is 0 Å². The average molecular weight is 252 g/mol. The number of ketones is 1. The molecule has 0 amide bonds. The summed E-state index contributed by atoms with van der Waals surface area (Å²) in [4.78, 5) is 11.3. The van der Waals surface area contributed by atoms with E-state index < -0.39 is 5.41 Å². The number of allylic oxidation sites excluding steroid dienone is 1. The van der Waals surface area contributed by atoms with E-state index in [0.717, 1.165) is 12.0 Å². The lowest BCUT2D eigenvalue weighted by molar-refractivity contribution is -0.113. The molecule has 0 aromatic rings. The highest BCUT2D eigenvalue weighted by atomic mass is 35.5. The standard InChI is InChI=1S/C13H14ClNO2/c1-7(16)3-8-11-10(14)9-4-13(8,6-15)5-12(9,2)17-11/h3,9-11H,4-5H2,1-2H3/b8-3+/t9?,10-,11?,12?,13?/m0/s1. The van der Waals surface area contributed by atoms with Gasteiger partial charge in [-0.3, -0.25) is 4.79 Å². The molecule has 90 valence electrons. The topological polar surface area (TPSA) is 50.1 Å². The number of hydrogen-bond donors (Lipinski definition) is 0. The maximum Gasteiger partial charge on any atom is 0.152 e. The molecule has 4 fully saturated rings. The summed E-state index contributed by atoms with van der Waals surface area (Å²) in [5.41, 5.74) is 0.0130. The number of halogens is 1. The number of carbonyl (C=O) groups excluding carboxylic acids is 1. The van der Waals surface area contributed by atoms with Crippen LogP contribution in [0.2, 0.25) is 0 Å². The van der Waals surface area contributed by atoms with Crippen molar-refractivity contribution in [2.45, 2.75) is 43.8 Å². The van der Waals surface area contributed by atoms with E-state index in [0.29, 0.717) is 6.42 Å². The Morgan fingerprint density at radius 3 is 2.94 bits per heavy atom. The monoisotopic (exact) mass is 251 g/mol. The van der Waals surface area contributed by atoms with Crippen LogP contribution in [0.15, 0.2) is 11.6 Å². The molecule has 4 aliphatic rings. The van der Waals surface area contributed by atoms with Crippen LogP contribution < -0.4 is 0 Å². The molecule has 4 bridgehead atoms. The molecule has 4 rings (SSSR count). The Morgan fingerprint density at radius 1 is 1.71 bits per heavy atom. The smallest absolute Gasteiger partial charge is 0.152 e. The molecular formula is C13H14ClNO2. The Hall–Kier alpha value is -0.850. The zero-order valence-corrected chi connectivity index (χ0v) is 10.6. The van der Waals surface area contributed by atoms with Crippen molar-refractivity contribution in [2.24, 2.45) is 11.3 Å². The van der Waals surface area contributed by atoms with E-state index >= 15 is 0 Å². The molecule has 0 radical (unpaired) electrons. The number of alkyl halides is 1. The van der Waals surface area contributed by atoms with Crippen LogP contribution >= 0.6 is 11.6 Å². The van der Waals surface area contributed by atoms with Gasteiger partial charge in [0.1, 0.15) is 0 Å². The summed E-state index contributed by atoms with van der Waals surface area (Å²) in [5, 5.41) is 9.39. The van der Waals surface area contributed by atoms with Crippen LogP contribution in [0.1, 0.15) is 26.7 Å². The van der Waals surface area contributed by atoms with Crippen LogP contribution in [0.5, 0.6) is 0 Å². The summed E-state index contributed by atoms with van der Waals surface area (Å²) in [7, 11) is 0. The first kappa shape index (κ1) is 11.3. The molecule has 0 aromatic heterocycles. The van der Waals surface area contributed by atoms with Gasteiger partial charge in [0.15, 0.2) is 5.78 Å². The number of rotatable bonds is 1. The fourth-order valence-corrected chi connectivity index (χ4v) is 4.40. The zero-order chi connectivity index (χ0) is 12.4. The molecule has 17 heavy (non-hydrogen) atoms. The van der Waals surface area contributed by atoms with Crippen LogP contribution in [0.3, 0.4) is 0 Å². The molecule has 0 spiro atoms. The number of ether oxygens (including phenoxy) is 1. The number of hydrogen-bond acceptors (Lipinski definition) is 3. The molecule has 0 N–H and O–H groups in total. The fourth-order valence-electron chi connectivity index (χ4n) is 3.85. The maximum absolute atomic E-state index is 11.3. The highest BCUT2D eigenvalue weighted by molar-refractivity contribution is 6.22. The zero-order valence-electron chi connectivity index (χ0n) is 9.87. The summed E-state index contributed by atoms with van der Waals surface area (Å²) in [6, 6.07) is 2.41. The molecular weight excluding hydrogens is 238 g/mol. The highest BCUT2D eigenvalue weighted by Gasteiger charge is 2.69. The van der Waals surface area contributed by atoms with E-state index in [1.807, 2.05) is 6.92 Å². The van der Waals surface area contributed by atoms with E-state index in [1.54, 1.807) is 6.08 Å². The Balaban J connectivity index is 2.14. The normalized spacial score (nSPS) is 53.1. The lowest BCUT2D eigenvalue weighted by atomic mass is 9.70. The molecule has 4 unspecified atom stereocenters. The Morgan fingerprint density at radius 2 is 2.41 bits per heavy atom. The molecule has 2 heterocycles. The van der Waals surface area contributed by atoms with Crippen LogP contribution in [0, 0.1) is 22.7 Å². The van der Waals surface area contributed by atoms with Crippen LogP contribution in [0.25, 0.3) is 0 Å². The third-order valence-corrected chi connectivity index (χ3v) is 5.04. The van der Waals surface area contributed by atoms with Crippen LogP contribution in [-0.2, 0) is 9.53 Å². The molecule has 3 nitrogen and oxygen atoms in total. The van der Waals surface area contributed by atoms with Crippen molar-refractivity contribution in [3.05, 3.63) is 11.6 Å². The molecule has 5 atom stereocenters. The largest absolute Gasteiger partial charge is 0.366 e. The van der Waals surface area contributed by atoms with Gasteiger partial charge in [0.05, 0.1) is 28.6 Å². The van der Waals surface area contributed by atoms with Crippen molar-refractivity contribution in [1.82, 2.24) is 0 Å². The number of nitriles is 1. The minimum Gasteiger partial charge on any atom is -0.366 e. The van der Waals surface area contributed by atoms with Crippen molar-refractivity contribution in [2.75, 3.05) is 0 Å². The second kappa shape index (κ2) is 3.13. The van der Waals surface area contributed by atoms with E-state index in [4.69, 9.17) is 16.3 Å².